The molecule has 1 aromatic heterocycles. The van der Waals surface area contributed by atoms with Gasteiger partial charge in [-0.1, -0.05) is 6.92 Å². The van der Waals surface area contributed by atoms with E-state index in [-0.39, 0.29) is 17.3 Å². The second kappa shape index (κ2) is 7.93. The molecule has 0 atom stereocenters. The molecule has 20 heavy (non-hydrogen) atoms. The quantitative estimate of drug-likeness (QED) is 0.627. The van der Waals surface area contributed by atoms with Gasteiger partial charge in [0.15, 0.2) is 0 Å². The average Bonchev–Trinajstić information content (AvgIpc) is 2.44. The van der Waals surface area contributed by atoms with Crippen molar-refractivity contribution in [2.75, 3.05) is 33.2 Å². The number of rotatable bonds is 8. The topological polar surface area (TPSA) is 91.4 Å². The van der Waals surface area contributed by atoms with E-state index in [1.165, 1.54) is 31.6 Å². The van der Waals surface area contributed by atoms with Crippen LogP contribution in [0.25, 0.3) is 0 Å². The van der Waals surface area contributed by atoms with E-state index in [4.69, 9.17) is 0 Å². The molecule has 0 saturated heterocycles. The Morgan fingerprint density at radius 2 is 2.15 bits per heavy atom. The molecule has 8 heteroatoms. The van der Waals surface area contributed by atoms with Gasteiger partial charge < -0.3 is 10.6 Å². The zero-order valence-corrected chi connectivity index (χ0v) is 12.5. The normalized spacial score (nSPS) is 11.6. The number of hydrogen-bond donors (Lipinski definition) is 2. The van der Waals surface area contributed by atoms with E-state index < -0.39 is 10.0 Å². The lowest BCUT2D eigenvalue weighted by molar-refractivity contribution is -0.121. The number of carbonyl (C=O) groups is 1. The maximum Gasteiger partial charge on any atom is 0.244 e. The highest BCUT2D eigenvalue weighted by molar-refractivity contribution is 7.89. The highest BCUT2D eigenvalue weighted by Crippen LogP contribution is 2.11. The molecule has 1 aromatic rings. The van der Waals surface area contributed by atoms with Crippen LogP contribution in [0, 0.1) is 0 Å². The fourth-order valence-corrected chi connectivity index (χ4v) is 2.58. The Labute approximate surface area is 119 Å². The number of aromatic nitrogens is 1. The Hall–Kier alpha value is -1.51. The van der Waals surface area contributed by atoms with Crippen molar-refractivity contribution in [1.82, 2.24) is 19.9 Å². The van der Waals surface area contributed by atoms with Crippen molar-refractivity contribution < 1.29 is 13.2 Å². The van der Waals surface area contributed by atoms with Gasteiger partial charge in [0.25, 0.3) is 0 Å². The van der Waals surface area contributed by atoms with E-state index in [0.717, 1.165) is 10.8 Å². The molecule has 1 rings (SSSR count). The third-order valence-corrected chi connectivity index (χ3v) is 4.37. The summed E-state index contributed by atoms with van der Waals surface area (Å²) in [5.74, 6) is -0.335. The Morgan fingerprint density at radius 1 is 1.40 bits per heavy atom. The van der Waals surface area contributed by atoms with Crippen molar-refractivity contribution in [3.8, 4) is 0 Å². The Balaban J connectivity index is 2.53. The number of nitrogens with one attached hydrogen (secondary N) is 2. The van der Waals surface area contributed by atoms with E-state index in [9.17, 15) is 13.2 Å². The van der Waals surface area contributed by atoms with Gasteiger partial charge in [0, 0.05) is 32.5 Å². The molecule has 0 saturated carbocycles. The monoisotopic (exact) mass is 300 g/mol. The maximum atomic E-state index is 12.1. The third-order valence-electron chi connectivity index (χ3n) is 2.58. The van der Waals surface area contributed by atoms with Gasteiger partial charge in [-0.05, 0) is 18.7 Å². The molecule has 0 radical (unpaired) electrons. The second-order valence-electron chi connectivity index (χ2n) is 4.15. The first-order valence-electron chi connectivity index (χ1n) is 6.32. The van der Waals surface area contributed by atoms with Crippen molar-refractivity contribution in [3.63, 3.8) is 0 Å². The molecule has 0 unspecified atom stereocenters. The lowest BCUT2D eigenvalue weighted by Gasteiger charge is -2.16. The number of carbonyl (C=O) groups excluding carboxylic acids is 1. The lowest BCUT2D eigenvalue weighted by atomic mass is 10.5. The van der Waals surface area contributed by atoms with Crippen molar-refractivity contribution in [1.29, 1.82) is 0 Å². The van der Waals surface area contributed by atoms with E-state index in [2.05, 4.69) is 15.6 Å². The van der Waals surface area contributed by atoms with Crippen LogP contribution in [0.15, 0.2) is 29.4 Å². The van der Waals surface area contributed by atoms with Crippen LogP contribution in [0.2, 0.25) is 0 Å². The lowest BCUT2D eigenvalue weighted by Crippen LogP contribution is -2.40. The third kappa shape index (κ3) is 4.87. The zero-order chi connectivity index (χ0) is 15.0. The zero-order valence-electron chi connectivity index (χ0n) is 11.7. The predicted octanol–water partition coefficient (Wildman–Crippen LogP) is -0.572. The number of nitrogens with zero attached hydrogens (tertiary/aromatic N) is 2. The van der Waals surface area contributed by atoms with Gasteiger partial charge in [-0.2, -0.15) is 4.31 Å². The molecule has 0 aliphatic carbocycles. The van der Waals surface area contributed by atoms with Crippen LogP contribution >= 0.6 is 0 Å². The van der Waals surface area contributed by atoms with E-state index >= 15 is 0 Å². The highest BCUT2D eigenvalue weighted by Gasteiger charge is 2.22. The van der Waals surface area contributed by atoms with E-state index in [1.54, 1.807) is 0 Å². The first kappa shape index (κ1) is 16.5. The number of pyridine rings is 1. The molecule has 1 heterocycles. The molecule has 0 spiro atoms. The summed E-state index contributed by atoms with van der Waals surface area (Å²) in [5.41, 5.74) is 0. The van der Waals surface area contributed by atoms with Gasteiger partial charge in [-0.15, -0.1) is 0 Å². The summed E-state index contributed by atoms with van der Waals surface area (Å²) in [5, 5.41) is 5.71. The standard InChI is InChI=1S/C12H20N4O3S/c1-3-13-7-8-15-12(17)10-16(2)20(18,19)11-5-4-6-14-9-11/h4-6,9,13H,3,7-8,10H2,1-2H3,(H,15,17). The minimum Gasteiger partial charge on any atom is -0.354 e. The molecule has 0 aliphatic heterocycles. The number of hydrogen-bond acceptors (Lipinski definition) is 5. The van der Waals surface area contributed by atoms with Crippen LogP contribution in [0.1, 0.15) is 6.92 Å². The summed E-state index contributed by atoms with van der Waals surface area (Å²) in [6.07, 6.45) is 2.75. The van der Waals surface area contributed by atoms with Crippen molar-refractivity contribution in [2.24, 2.45) is 0 Å². The van der Waals surface area contributed by atoms with Gasteiger partial charge in [0.2, 0.25) is 15.9 Å². The van der Waals surface area contributed by atoms with Crippen LogP contribution in [-0.4, -0.2) is 56.8 Å². The van der Waals surface area contributed by atoms with E-state index in [1.807, 2.05) is 6.92 Å². The smallest absolute Gasteiger partial charge is 0.244 e. The van der Waals surface area contributed by atoms with Crippen molar-refractivity contribution in [2.45, 2.75) is 11.8 Å². The highest BCUT2D eigenvalue weighted by atomic mass is 32.2. The summed E-state index contributed by atoms with van der Waals surface area (Å²) >= 11 is 0. The number of amides is 1. The summed E-state index contributed by atoms with van der Waals surface area (Å²) < 4.78 is 25.3. The van der Waals surface area contributed by atoms with Crippen LogP contribution in [0.3, 0.4) is 0 Å². The Kier molecular flexibility index (Phi) is 6.56. The van der Waals surface area contributed by atoms with Gasteiger partial charge in [-0.25, -0.2) is 8.42 Å². The second-order valence-corrected chi connectivity index (χ2v) is 6.20. The summed E-state index contributed by atoms with van der Waals surface area (Å²) in [6.45, 7) is 3.69. The summed E-state index contributed by atoms with van der Waals surface area (Å²) in [4.78, 5) is 15.5. The predicted molar refractivity (Wildman–Crippen MR) is 75.6 cm³/mol. The molecule has 0 bridgehead atoms. The van der Waals surface area contributed by atoms with Crippen LogP contribution in [0.5, 0.6) is 0 Å². The molecule has 112 valence electrons. The molecule has 0 aliphatic rings. The largest absolute Gasteiger partial charge is 0.354 e. The minimum atomic E-state index is -3.67. The SMILES string of the molecule is CCNCCNC(=O)CN(C)S(=O)(=O)c1cccnc1. The molecular weight excluding hydrogens is 280 g/mol. The molecule has 0 aromatic carbocycles. The molecule has 1 amide bonds. The molecular formula is C12H20N4O3S. The number of sulfonamides is 1. The van der Waals surface area contributed by atoms with E-state index in [0.29, 0.717) is 13.1 Å². The molecule has 0 fully saturated rings. The maximum absolute atomic E-state index is 12.1. The van der Waals surface area contributed by atoms with Gasteiger partial charge in [0.05, 0.1) is 6.54 Å². The minimum absolute atomic E-state index is 0.0722. The first-order chi connectivity index (χ1) is 9.48. The first-order valence-corrected chi connectivity index (χ1v) is 7.76. The fourth-order valence-electron chi connectivity index (χ4n) is 1.49. The summed E-state index contributed by atoms with van der Waals surface area (Å²) in [7, 11) is -2.31. The van der Waals surface area contributed by atoms with Crippen LogP contribution in [0.4, 0.5) is 0 Å². The van der Waals surface area contributed by atoms with Crippen molar-refractivity contribution in [3.05, 3.63) is 24.5 Å². The van der Waals surface area contributed by atoms with Gasteiger partial charge >= 0.3 is 0 Å². The Morgan fingerprint density at radius 3 is 2.75 bits per heavy atom. The Bertz CT molecular complexity index is 519. The number of likely N-dealkylation sites (N-methyl/N-ethyl adjacent to an activating group) is 2. The van der Waals surface area contributed by atoms with Crippen molar-refractivity contribution >= 4 is 15.9 Å². The van der Waals surface area contributed by atoms with Gasteiger partial charge in [-0.3, -0.25) is 9.78 Å². The molecule has 2 N–H and O–H groups in total. The molecule has 7 nitrogen and oxygen atoms in total. The van der Waals surface area contributed by atoms with Crippen LogP contribution < -0.4 is 10.6 Å². The fraction of sp³-hybridized carbons (Fsp3) is 0.500. The average molecular weight is 300 g/mol. The van der Waals surface area contributed by atoms with Crippen LogP contribution in [-0.2, 0) is 14.8 Å². The van der Waals surface area contributed by atoms with Gasteiger partial charge in [0.1, 0.15) is 4.90 Å². The summed E-state index contributed by atoms with van der Waals surface area (Å²) in [6, 6.07) is 2.99.